The van der Waals surface area contributed by atoms with E-state index in [-0.39, 0.29) is 12.0 Å². The van der Waals surface area contributed by atoms with Crippen LogP contribution in [0.2, 0.25) is 0 Å². The van der Waals surface area contributed by atoms with Gasteiger partial charge in [0.2, 0.25) is 0 Å². The van der Waals surface area contributed by atoms with Gasteiger partial charge in [-0.05, 0) is 69.5 Å². The van der Waals surface area contributed by atoms with Crippen molar-refractivity contribution in [1.29, 1.82) is 0 Å². The maximum atomic E-state index is 13.2. The van der Waals surface area contributed by atoms with Crippen LogP contribution < -0.4 is 11.1 Å². The molecule has 2 aromatic heterocycles. The lowest BCUT2D eigenvalue weighted by Gasteiger charge is -2.10. The fourth-order valence-corrected chi connectivity index (χ4v) is 3.91. The second-order valence-electron chi connectivity index (χ2n) is 8.36. The third-order valence-electron chi connectivity index (χ3n) is 5.25. The summed E-state index contributed by atoms with van der Waals surface area (Å²) in [6.45, 7) is 9.12. The second-order valence-corrected chi connectivity index (χ2v) is 8.36. The molecule has 0 aliphatic heterocycles. The second kappa shape index (κ2) is 8.96. The third-order valence-corrected chi connectivity index (χ3v) is 5.25. The van der Waals surface area contributed by atoms with Crippen molar-refractivity contribution < 1.29 is 9.53 Å². The minimum Gasteiger partial charge on any atom is -0.384 e. The van der Waals surface area contributed by atoms with Crippen LogP contribution in [0.4, 0.5) is 5.82 Å². The number of nitrogens with one attached hydrogen (secondary N) is 1. The van der Waals surface area contributed by atoms with Crippen LogP contribution in [0, 0.1) is 13.8 Å². The Balaban J connectivity index is 1.80. The monoisotopic (exact) mass is 431 g/mol. The molecule has 0 saturated carbocycles. The zero-order chi connectivity index (χ0) is 22.8. The molecule has 1 amide bonds. The predicted octanol–water partition coefficient (Wildman–Crippen LogP) is 4.32. The molecule has 0 spiro atoms. The van der Waals surface area contributed by atoms with Crippen molar-refractivity contribution in [3.63, 3.8) is 0 Å². The van der Waals surface area contributed by atoms with Gasteiger partial charge in [-0.25, -0.2) is 9.97 Å². The number of carbonyl (C=O) groups excluding carboxylic acids is 1. The van der Waals surface area contributed by atoms with Crippen molar-refractivity contribution >= 4 is 33.9 Å². The number of ether oxygens (including phenoxy) is 1. The van der Waals surface area contributed by atoms with Crippen molar-refractivity contribution in [3.8, 4) is 5.69 Å². The average Bonchev–Trinajstić information content (AvgIpc) is 3.01. The summed E-state index contributed by atoms with van der Waals surface area (Å²) >= 11 is 0. The first-order valence-corrected chi connectivity index (χ1v) is 10.9. The number of nitrogen functional groups attached to an aromatic ring is 1. The normalized spacial score (nSPS) is 11.5. The number of aryl methyl sites for hydroxylation is 2. The van der Waals surface area contributed by atoms with Gasteiger partial charge in [-0.1, -0.05) is 18.2 Å². The number of rotatable bonds is 7. The Morgan fingerprint density at radius 2 is 1.75 bits per heavy atom. The van der Waals surface area contributed by atoms with E-state index in [1.54, 1.807) is 0 Å². The fraction of sp³-hybridized carbons (Fsp3) is 0.320. The molecule has 4 aromatic rings. The average molecular weight is 432 g/mol. The first-order chi connectivity index (χ1) is 15.3. The van der Waals surface area contributed by atoms with Gasteiger partial charge in [-0.2, -0.15) is 0 Å². The lowest BCUT2D eigenvalue weighted by atomic mass is 10.1. The molecule has 7 heteroatoms. The molecule has 0 radical (unpaired) electrons. The van der Waals surface area contributed by atoms with E-state index in [0.717, 1.165) is 27.8 Å². The van der Waals surface area contributed by atoms with Crippen LogP contribution in [0.1, 0.15) is 41.8 Å². The highest BCUT2D eigenvalue weighted by Crippen LogP contribution is 2.31. The minimum atomic E-state index is -0.259. The number of aromatic nitrogens is 3. The Bertz CT molecular complexity index is 1270. The summed E-state index contributed by atoms with van der Waals surface area (Å²) in [5.41, 5.74) is 12.5. The minimum absolute atomic E-state index is 0.167. The molecule has 0 saturated heterocycles. The molecule has 0 atom stereocenters. The Morgan fingerprint density at radius 1 is 1.09 bits per heavy atom. The number of hydrogen-bond acceptors (Lipinski definition) is 5. The topological polar surface area (TPSA) is 95.1 Å². The molecule has 166 valence electrons. The van der Waals surface area contributed by atoms with Gasteiger partial charge >= 0.3 is 0 Å². The Hall–Kier alpha value is -3.45. The number of fused-ring (bicyclic) bond motifs is 2. The molecule has 3 N–H and O–H groups in total. The van der Waals surface area contributed by atoms with Gasteiger partial charge in [0.25, 0.3) is 5.91 Å². The van der Waals surface area contributed by atoms with Gasteiger partial charge in [0, 0.05) is 18.8 Å². The number of amides is 1. The van der Waals surface area contributed by atoms with Crippen LogP contribution in [-0.4, -0.2) is 39.7 Å². The number of hydrogen-bond donors (Lipinski definition) is 2. The number of carbonyl (C=O) groups is 1. The highest BCUT2D eigenvalue weighted by atomic mass is 16.5. The molecule has 2 aromatic carbocycles. The van der Waals surface area contributed by atoms with E-state index in [2.05, 4.69) is 11.4 Å². The molecule has 7 nitrogen and oxygen atoms in total. The van der Waals surface area contributed by atoms with Crippen molar-refractivity contribution in [2.45, 2.75) is 40.2 Å². The lowest BCUT2D eigenvalue weighted by Crippen LogP contribution is -2.26. The first-order valence-electron chi connectivity index (χ1n) is 10.9. The van der Waals surface area contributed by atoms with Crippen LogP contribution >= 0.6 is 0 Å². The Morgan fingerprint density at radius 3 is 2.41 bits per heavy atom. The number of benzene rings is 2. The summed E-state index contributed by atoms with van der Waals surface area (Å²) < 4.78 is 7.38. The molecule has 0 aliphatic rings. The fourth-order valence-electron chi connectivity index (χ4n) is 3.91. The van der Waals surface area contributed by atoms with Gasteiger partial charge in [-0.15, -0.1) is 0 Å². The summed E-state index contributed by atoms with van der Waals surface area (Å²) in [4.78, 5) is 22.8. The van der Waals surface area contributed by atoms with Gasteiger partial charge in [0.1, 0.15) is 16.9 Å². The summed E-state index contributed by atoms with van der Waals surface area (Å²) in [6, 6.07) is 13.8. The van der Waals surface area contributed by atoms with E-state index in [0.29, 0.717) is 42.1 Å². The van der Waals surface area contributed by atoms with Gasteiger partial charge in [0.15, 0.2) is 5.65 Å². The van der Waals surface area contributed by atoms with Crippen LogP contribution in [0.25, 0.3) is 27.9 Å². The largest absolute Gasteiger partial charge is 0.384 e. The number of anilines is 1. The maximum absolute atomic E-state index is 13.2. The van der Waals surface area contributed by atoms with Gasteiger partial charge < -0.3 is 15.8 Å². The van der Waals surface area contributed by atoms with Crippen molar-refractivity contribution in [2.75, 3.05) is 18.9 Å². The smallest absolute Gasteiger partial charge is 0.257 e. The molecule has 32 heavy (non-hydrogen) atoms. The van der Waals surface area contributed by atoms with Crippen LogP contribution in [-0.2, 0) is 4.74 Å². The molecular weight excluding hydrogens is 402 g/mol. The summed E-state index contributed by atoms with van der Waals surface area (Å²) in [7, 11) is 0. The van der Waals surface area contributed by atoms with E-state index in [1.807, 2.05) is 68.7 Å². The molecule has 2 heterocycles. The summed E-state index contributed by atoms with van der Waals surface area (Å²) in [5.74, 6) is 0.0704. The molecule has 0 aliphatic carbocycles. The highest BCUT2D eigenvalue weighted by Gasteiger charge is 2.24. The van der Waals surface area contributed by atoms with Crippen LogP contribution in [0.3, 0.4) is 0 Å². The van der Waals surface area contributed by atoms with Crippen LogP contribution in [0.5, 0.6) is 0 Å². The van der Waals surface area contributed by atoms with Crippen LogP contribution in [0.15, 0.2) is 42.5 Å². The highest BCUT2D eigenvalue weighted by molar-refractivity contribution is 6.11. The molecule has 0 fully saturated rings. The number of para-hydroxylation sites is 2. The molecule has 0 unspecified atom stereocenters. The molecule has 4 rings (SSSR count). The van der Waals surface area contributed by atoms with Crippen molar-refractivity contribution in [1.82, 2.24) is 19.9 Å². The van der Waals surface area contributed by atoms with Crippen molar-refractivity contribution in [3.05, 3.63) is 59.2 Å². The Labute approximate surface area is 187 Å². The maximum Gasteiger partial charge on any atom is 0.257 e. The standard InChI is InChI=1S/C25H29N5O2/c1-15(2)32-11-7-10-27-25(31)21-22-24(29-20-9-6-5-8-19(20)28-22)30(23(21)26)18-13-16(3)12-17(4)14-18/h5-6,8-9,12-15H,7,10-11,26H2,1-4H3,(H,27,31). The summed E-state index contributed by atoms with van der Waals surface area (Å²) in [5, 5.41) is 2.96. The first kappa shape index (κ1) is 21.8. The van der Waals surface area contributed by atoms with Gasteiger partial charge in [-0.3, -0.25) is 9.36 Å². The quantitative estimate of drug-likeness (QED) is 0.425. The SMILES string of the molecule is Cc1cc(C)cc(-n2c(N)c(C(=O)NCCCOC(C)C)c3nc4ccccc4nc32)c1. The zero-order valence-corrected chi connectivity index (χ0v) is 19.0. The lowest BCUT2D eigenvalue weighted by molar-refractivity contribution is 0.0757. The van der Waals surface area contributed by atoms with Crippen molar-refractivity contribution in [2.24, 2.45) is 0 Å². The molecule has 0 bridgehead atoms. The van der Waals surface area contributed by atoms with E-state index >= 15 is 0 Å². The predicted molar refractivity (Wildman–Crippen MR) is 128 cm³/mol. The summed E-state index contributed by atoms with van der Waals surface area (Å²) in [6.07, 6.45) is 0.884. The van der Waals surface area contributed by atoms with E-state index in [9.17, 15) is 4.79 Å². The van der Waals surface area contributed by atoms with Gasteiger partial charge in [0.05, 0.1) is 17.1 Å². The molecular formula is C25H29N5O2. The Kier molecular flexibility index (Phi) is 6.10. The van der Waals surface area contributed by atoms with E-state index < -0.39 is 0 Å². The zero-order valence-electron chi connectivity index (χ0n) is 19.0. The number of nitrogens with two attached hydrogens (primary N) is 1. The number of nitrogens with zero attached hydrogens (tertiary/aromatic N) is 3. The van der Waals surface area contributed by atoms with E-state index in [4.69, 9.17) is 20.4 Å². The third kappa shape index (κ3) is 4.29. The van der Waals surface area contributed by atoms with E-state index in [1.165, 1.54) is 0 Å².